The van der Waals surface area contributed by atoms with E-state index in [-0.39, 0.29) is 24.4 Å². The van der Waals surface area contributed by atoms with Gasteiger partial charge in [-0.05, 0) is 6.07 Å². The summed E-state index contributed by atoms with van der Waals surface area (Å²) in [5.74, 6) is -1.78. The van der Waals surface area contributed by atoms with Crippen molar-refractivity contribution in [3.8, 4) is 0 Å². The normalized spacial score (nSPS) is 18.0. The van der Waals surface area contributed by atoms with E-state index in [0.29, 0.717) is 5.69 Å². The van der Waals surface area contributed by atoms with Crippen molar-refractivity contribution in [1.29, 1.82) is 0 Å². The monoisotopic (exact) mass is 278 g/mol. The number of amides is 1. The van der Waals surface area contributed by atoms with Crippen LogP contribution in [0.25, 0.3) is 0 Å². The number of nitrogens with zero attached hydrogens (tertiary/aromatic N) is 2. The Morgan fingerprint density at radius 3 is 2.75 bits per heavy atom. The topological polar surface area (TPSA) is 85.8 Å². The Kier molecular flexibility index (Phi) is 3.97. The fourth-order valence-electron chi connectivity index (χ4n) is 2.15. The molecule has 1 aromatic rings. The van der Waals surface area contributed by atoms with Gasteiger partial charge in [0.2, 0.25) is 5.91 Å². The van der Waals surface area contributed by atoms with Crippen LogP contribution in [0, 0.1) is 5.92 Å². The van der Waals surface area contributed by atoms with Crippen LogP contribution in [0.2, 0.25) is 0 Å². The molecule has 0 bridgehead atoms. The largest absolute Gasteiger partial charge is 0.469 e. The number of carbonyl (C=O) groups is 3. The summed E-state index contributed by atoms with van der Waals surface area (Å²) in [6, 6.07) is 1.47. The van der Waals surface area contributed by atoms with Crippen LogP contribution in [0.15, 0.2) is 18.5 Å². The second kappa shape index (κ2) is 5.68. The Balaban J connectivity index is 2.31. The molecular formula is C13H14N2O5. The van der Waals surface area contributed by atoms with E-state index in [1.807, 2.05) is 0 Å². The van der Waals surface area contributed by atoms with Crippen molar-refractivity contribution in [3.05, 3.63) is 24.0 Å². The summed E-state index contributed by atoms with van der Waals surface area (Å²) in [5, 5.41) is 0. The Hall–Kier alpha value is -2.44. The zero-order valence-electron chi connectivity index (χ0n) is 11.2. The van der Waals surface area contributed by atoms with Gasteiger partial charge in [0.1, 0.15) is 0 Å². The lowest BCUT2D eigenvalue weighted by Gasteiger charge is -2.18. The summed E-state index contributed by atoms with van der Waals surface area (Å²) in [6.07, 6.45) is 2.90. The molecule has 2 heterocycles. The van der Waals surface area contributed by atoms with Gasteiger partial charge >= 0.3 is 11.9 Å². The molecule has 0 saturated carbocycles. The molecule has 1 amide bonds. The highest BCUT2D eigenvalue weighted by Crippen LogP contribution is 2.28. The predicted molar refractivity (Wildman–Crippen MR) is 68.1 cm³/mol. The zero-order chi connectivity index (χ0) is 14.7. The summed E-state index contributed by atoms with van der Waals surface area (Å²) >= 11 is 0. The van der Waals surface area contributed by atoms with Crippen LogP contribution in [0.3, 0.4) is 0 Å². The van der Waals surface area contributed by atoms with E-state index in [1.54, 1.807) is 0 Å². The van der Waals surface area contributed by atoms with Gasteiger partial charge in [0, 0.05) is 19.2 Å². The molecule has 0 aromatic carbocycles. The number of aromatic nitrogens is 1. The smallest absolute Gasteiger partial charge is 0.340 e. The molecular weight excluding hydrogens is 264 g/mol. The molecule has 1 atom stereocenters. The van der Waals surface area contributed by atoms with E-state index in [2.05, 4.69) is 14.5 Å². The van der Waals surface area contributed by atoms with E-state index < -0.39 is 17.9 Å². The average molecular weight is 278 g/mol. The first-order valence-corrected chi connectivity index (χ1v) is 5.99. The summed E-state index contributed by atoms with van der Waals surface area (Å²) in [4.78, 5) is 40.5. The highest BCUT2D eigenvalue weighted by atomic mass is 16.5. The van der Waals surface area contributed by atoms with E-state index in [4.69, 9.17) is 0 Å². The van der Waals surface area contributed by atoms with Crippen molar-refractivity contribution < 1.29 is 23.9 Å². The number of hydrogen-bond acceptors (Lipinski definition) is 6. The third-order valence-electron chi connectivity index (χ3n) is 3.16. The fourth-order valence-corrected chi connectivity index (χ4v) is 2.15. The summed E-state index contributed by atoms with van der Waals surface area (Å²) in [6.45, 7) is 0.168. The second-order valence-corrected chi connectivity index (χ2v) is 4.31. The minimum atomic E-state index is -0.559. The number of hydrogen-bond donors (Lipinski definition) is 0. The van der Waals surface area contributed by atoms with E-state index in [0.717, 1.165) is 0 Å². The van der Waals surface area contributed by atoms with Crippen LogP contribution in [0.4, 0.5) is 5.69 Å². The molecule has 106 valence electrons. The number of anilines is 1. The molecule has 7 nitrogen and oxygen atoms in total. The maximum atomic E-state index is 12.0. The van der Waals surface area contributed by atoms with Crippen LogP contribution in [0.1, 0.15) is 16.8 Å². The lowest BCUT2D eigenvalue weighted by atomic mass is 10.1. The van der Waals surface area contributed by atoms with Crippen molar-refractivity contribution in [1.82, 2.24) is 4.98 Å². The molecule has 0 radical (unpaired) electrons. The fraction of sp³-hybridized carbons (Fsp3) is 0.385. The Labute approximate surface area is 115 Å². The van der Waals surface area contributed by atoms with Crippen molar-refractivity contribution >= 4 is 23.5 Å². The minimum absolute atomic E-state index is 0.0577. The standard InChI is InChI=1S/C13H14N2O5/c1-19-12(17)8-5-11(16)15(7-8)10-6-14-4-3-9(10)13(18)20-2/h3-4,6,8H,5,7H2,1-2H3. The molecule has 7 heteroatoms. The predicted octanol–water partition coefficient (Wildman–Crippen LogP) is 0.394. The van der Waals surface area contributed by atoms with Crippen LogP contribution in [0.5, 0.6) is 0 Å². The maximum Gasteiger partial charge on any atom is 0.340 e. The first kappa shape index (κ1) is 14.0. The van der Waals surface area contributed by atoms with Gasteiger partial charge in [-0.15, -0.1) is 0 Å². The molecule has 1 aromatic heterocycles. The van der Waals surface area contributed by atoms with Crippen LogP contribution in [-0.2, 0) is 19.1 Å². The molecule has 20 heavy (non-hydrogen) atoms. The molecule has 1 aliphatic rings. The second-order valence-electron chi connectivity index (χ2n) is 4.31. The van der Waals surface area contributed by atoms with Crippen LogP contribution < -0.4 is 4.90 Å². The van der Waals surface area contributed by atoms with Gasteiger partial charge in [-0.1, -0.05) is 0 Å². The average Bonchev–Trinajstić information content (AvgIpc) is 2.87. The third-order valence-corrected chi connectivity index (χ3v) is 3.16. The van der Waals surface area contributed by atoms with Crippen molar-refractivity contribution in [2.24, 2.45) is 5.92 Å². The van der Waals surface area contributed by atoms with Gasteiger partial charge in [-0.2, -0.15) is 0 Å². The van der Waals surface area contributed by atoms with Gasteiger partial charge in [0.05, 0.1) is 37.6 Å². The first-order valence-electron chi connectivity index (χ1n) is 5.99. The number of methoxy groups -OCH3 is 2. The molecule has 0 aliphatic carbocycles. The van der Waals surface area contributed by atoms with Gasteiger partial charge in [0.15, 0.2) is 0 Å². The quantitative estimate of drug-likeness (QED) is 0.744. The number of pyridine rings is 1. The lowest BCUT2D eigenvalue weighted by molar-refractivity contribution is -0.145. The molecule has 1 fully saturated rings. The Morgan fingerprint density at radius 1 is 1.35 bits per heavy atom. The SMILES string of the molecule is COC(=O)c1ccncc1N1CC(C(=O)OC)CC1=O. The highest BCUT2D eigenvalue weighted by Gasteiger charge is 2.37. The van der Waals surface area contributed by atoms with Gasteiger partial charge in [-0.25, -0.2) is 4.79 Å². The van der Waals surface area contributed by atoms with E-state index in [9.17, 15) is 14.4 Å². The third kappa shape index (κ3) is 2.47. The number of ether oxygens (including phenoxy) is 2. The molecule has 1 saturated heterocycles. The van der Waals surface area contributed by atoms with E-state index >= 15 is 0 Å². The van der Waals surface area contributed by atoms with Crippen LogP contribution >= 0.6 is 0 Å². The number of rotatable bonds is 3. The zero-order valence-corrected chi connectivity index (χ0v) is 11.2. The van der Waals surface area contributed by atoms with Gasteiger partial charge < -0.3 is 14.4 Å². The molecule has 0 spiro atoms. The van der Waals surface area contributed by atoms with Crippen molar-refractivity contribution in [2.45, 2.75) is 6.42 Å². The number of esters is 2. The number of carbonyl (C=O) groups excluding carboxylic acids is 3. The van der Waals surface area contributed by atoms with Crippen molar-refractivity contribution in [2.75, 3.05) is 25.7 Å². The van der Waals surface area contributed by atoms with Gasteiger partial charge in [-0.3, -0.25) is 14.6 Å². The molecule has 1 unspecified atom stereocenters. The first-order chi connectivity index (χ1) is 9.58. The van der Waals surface area contributed by atoms with Gasteiger partial charge in [0.25, 0.3) is 0 Å². The van der Waals surface area contributed by atoms with Crippen molar-refractivity contribution in [3.63, 3.8) is 0 Å². The molecule has 1 aliphatic heterocycles. The minimum Gasteiger partial charge on any atom is -0.469 e. The molecule has 0 N–H and O–H groups in total. The van der Waals surface area contributed by atoms with E-state index in [1.165, 1.54) is 37.6 Å². The maximum absolute atomic E-state index is 12.0. The summed E-state index contributed by atoms with van der Waals surface area (Å²) < 4.78 is 9.31. The van der Waals surface area contributed by atoms with Crippen LogP contribution in [-0.4, -0.2) is 43.6 Å². The highest BCUT2D eigenvalue weighted by molar-refractivity contribution is 6.05. The lowest BCUT2D eigenvalue weighted by Crippen LogP contribution is -2.28. The Bertz CT molecular complexity index is 557. The molecule has 2 rings (SSSR count). The summed E-state index contributed by atoms with van der Waals surface area (Å²) in [5.41, 5.74) is 0.581. The Morgan fingerprint density at radius 2 is 2.10 bits per heavy atom. The summed E-state index contributed by atoms with van der Waals surface area (Å²) in [7, 11) is 2.54.